The molecule has 2 atom stereocenters. The van der Waals surface area contributed by atoms with E-state index in [1.807, 2.05) is 27.7 Å². The Labute approximate surface area is 93.0 Å². The molecule has 0 spiro atoms. The lowest BCUT2D eigenvalue weighted by Crippen LogP contribution is -2.45. The SMILES string of the molecule is CC(N)C(C)C(=O)N(C)CC(C)(C)CN. The first kappa shape index (κ1) is 14.4. The lowest BCUT2D eigenvalue weighted by Gasteiger charge is -2.31. The topological polar surface area (TPSA) is 72.4 Å². The molecule has 0 heterocycles. The summed E-state index contributed by atoms with van der Waals surface area (Å²) in [6.07, 6.45) is 0. The van der Waals surface area contributed by atoms with Crippen molar-refractivity contribution in [3.63, 3.8) is 0 Å². The third-order valence-electron chi connectivity index (χ3n) is 2.77. The molecule has 4 nitrogen and oxygen atoms in total. The van der Waals surface area contributed by atoms with E-state index in [2.05, 4.69) is 0 Å². The minimum atomic E-state index is -0.136. The number of hydrogen-bond acceptors (Lipinski definition) is 3. The van der Waals surface area contributed by atoms with Crippen molar-refractivity contribution in [2.75, 3.05) is 20.1 Å². The zero-order chi connectivity index (χ0) is 12.2. The molecule has 4 heteroatoms. The zero-order valence-electron chi connectivity index (χ0n) is 10.6. The first-order valence-corrected chi connectivity index (χ1v) is 5.42. The summed E-state index contributed by atoms with van der Waals surface area (Å²) in [5.74, 6) is -0.0462. The van der Waals surface area contributed by atoms with Crippen LogP contribution in [0.2, 0.25) is 0 Å². The number of nitrogens with two attached hydrogens (primary N) is 2. The molecule has 1 amide bonds. The van der Waals surface area contributed by atoms with E-state index in [0.29, 0.717) is 13.1 Å². The highest BCUT2D eigenvalue weighted by Gasteiger charge is 2.25. The molecule has 0 aromatic heterocycles. The van der Waals surface area contributed by atoms with Crippen molar-refractivity contribution in [1.82, 2.24) is 4.90 Å². The quantitative estimate of drug-likeness (QED) is 0.698. The van der Waals surface area contributed by atoms with Crippen LogP contribution in [0.4, 0.5) is 0 Å². The predicted octanol–water partition coefficient (Wildman–Crippen LogP) is 0.413. The van der Waals surface area contributed by atoms with Gasteiger partial charge in [-0.3, -0.25) is 4.79 Å². The first-order chi connectivity index (χ1) is 6.71. The molecule has 0 saturated heterocycles. The summed E-state index contributed by atoms with van der Waals surface area (Å²) in [5.41, 5.74) is 11.3. The van der Waals surface area contributed by atoms with Gasteiger partial charge in [0.25, 0.3) is 0 Å². The lowest BCUT2D eigenvalue weighted by molar-refractivity contribution is -0.135. The monoisotopic (exact) mass is 215 g/mol. The molecular formula is C11H25N3O. The second-order valence-corrected chi connectivity index (χ2v) is 5.21. The van der Waals surface area contributed by atoms with E-state index in [0.717, 1.165) is 0 Å². The van der Waals surface area contributed by atoms with Crippen LogP contribution in [0.1, 0.15) is 27.7 Å². The fourth-order valence-corrected chi connectivity index (χ4v) is 1.36. The summed E-state index contributed by atoms with van der Waals surface area (Å²) < 4.78 is 0. The van der Waals surface area contributed by atoms with Crippen LogP contribution < -0.4 is 11.5 Å². The molecule has 0 aliphatic carbocycles. The first-order valence-electron chi connectivity index (χ1n) is 5.42. The summed E-state index contributed by atoms with van der Waals surface area (Å²) in [6, 6.07) is -0.110. The molecule has 0 radical (unpaired) electrons. The fourth-order valence-electron chi connectivity index (χ4n) is 1.36. The van der Waals surface area contributed by atoms with E-state index >= 15 is 0 Å². The van der Waals surface area contributed by atoms with Gasteiger partial charge >= 0.3 is 0 Å². The van der Waals surface area contributed by atoms with E-state index < -0.39 is 0 Å². The van der Waals surface area contributed by atoms with Crippen molar-refractivity contribution in [3.05, 3.63) is 0 Å². The van der Waals surface area contributed by atoms with E-state index in [4.69, 9.17) is 11.5 Å². The summed E-state index contributed by atoms with van der Waals surface area (Å²) in [6.45, 7) is 9.04. The maximum absolute atomic E-state index is 11.9. The van der Waals surface area contributed by atoms with Crippen molar-refractivity contribution < 1.29 is 4.79 Å². The molecule has 15 heavy (non-hydrogen) atoms. The van der Waals surface area contributed by atoms with Crippen molar-refractivity contribution in [2.24, 2.45) is 22.8 Å². The van der Waals surface area contributed by atoms with Gasteiger partial charge in [-0.2, -0.15) is 0 Å². The van der Waals surface area contributed by atoms with Gasteiger partial charge in [-0.05, 0) is 18.9 Å². The maximum Gasteiger partial charge on any atom is 0.226 e. The summed E-state index contributed by atoms with van der Waals surface area (Å²) in [4.78, 5) is 13.6. The lowest BCUT2D eigenvalue weighted by atomic mass is 9.92. The van der Waals surface area contributed by atoms with Crippen molar-refractivity contribution in [1.29, 1.82) is 0 Å². The Morgan fingerprint density at radius 1 is 1.40 bits per heavy atom. The molecule has 2 unspecified atom stereocenters. The van der Waals surface area contributed by atoms with E-state index in [9.17, 15) is 4.79 Å². The van der Waals surface area contributed by atoms with Crippen LogP contribution in [0, 0.1) is 11.3 Å². The average molecular weight is 215 g/mol. The Bertz CT molecular complexity index is 214. The molecule has 0 aliphatic rings. The molecule has 0 aliphatic heterocycles. The standard InChI is InChI=1S/C11H25N3O/c1-8(9(2)13)10(15)14(5)7-11(3,4)6-12/h8-9H,6-7,12-13H2,1-5H3. The molecule has 0 saturated carbocycles. The van der Waals surface area contributed by atoms with Crippen LogP contribution in [-0.4, -0.2) is 37.0 Å². The third kappa shape index (κ3) is 4.62. The largest absolute Gasteiger partial charge is 0.345 e. The smallest absolute Gasteiger partial charge is 0.226 e. The number of carbonyl (C=O) groups excluding carboxylic acids is 1. The van der Waals surface area contributed by atoms with Crippen LogP contribution in [-0.2, 0) is 4.79 Å². The number of hydrogen-bond donors (Lipinski definition) is 2. The van der Waals surface area contributed by atoms with Crippen LogP contribution >= 0.6 is 0 Å². The summed E-state index contributed by atoms with van der Waals surface area (Å²) >= 11 is 0. The Morgan fingerprint density at radius 2 is 1.87 bits per heavy atom. The highest BCUT2D eigenvalue weighted by molar-refractivity contribution is 5.78. The third-order valence-corrected chi connectivity index (χ3v) is 2.77. The van der Waals surface area contributed by atoms with Gasteiger partial charge in [0.05, 0.1) is 5.92 Å². The van der Waals surface area contributed by atoms with Crippen LogP contribution in [0.25, 0.3) is 0 Å². The van der Waals surface area contributed by atoms with Gasteiger partial charge < -0.3 is 16.4 Å². The number of amides is 1. The van der Waals surface area contributed by atoms with Gasteiger partial charge in [-0.1, -0.05) is 20.8 Å². The van der Waals surface area contributed by atoms with Crippen LogP contribution in [0.5, 0.6) is 0 Å². The average Bonchev–Trinajstić information content (AvgIpc) is 2.14. The Kier molecular flexibility index (Phi) is 5.24. The van der Waals surface area contributed by atoms with E-state index in [-0.39, 0.29) is 23.3 Å². The summed E-state index contributed by atoms with van der Waals surface area (Å²) in [5, 5.41) is 0. The van der Waals surface area contributed by atoms with Crippen molar-refractivity contribution in [2.45, 2.75) is 33.7 Å². The zero-order valence-corrected chi connectivity index (χ0v) is 10.6. The number of carbonyl (C=O) groups is 1. The van der Waals surface area contributed by atoms with Crippen molar-refractivity contribution in [3.8, 4) is 0 Å². The van der Waals surface area contributed by atoms with Crippen molar-refractivity contribution >= 4 is 5.91 Å². The molecular weight excluding hydrogens is 190 g/mol. The second-order valence-electron chi connectivity index (χ2n) is 5.21. The molecule has 0 aromatic rings. The predicted molar refractivity (Wildman–Crippen MR) is 63.3 cm³/mol. The molecule has 0 bridgehead atoms. The Hall–Kier alpha value is -0.610. The normalized spacial score (nSPS) is 15.9. The minimum Gasteiger partial charge on any atom is -0.345 e. The Balaban J connectivity index is 4.34. The molecule has 90 valence electrons. The molecule has 0 aromatic carbocycles. The number of rotatable bonds is 5. The van der Waals surface area contributed by atoms with Gasteiger partial charge in [0, 0.05) is 19.6 Å². The van der Waals surface area contributed by atoms with Gasteiger partial charge in [0.1, 0.15) is 0 Å². The minimum absolute atomic E-state index is 0.0397. The Morgan fingerprint density at radius 3 is 2.20 bits per heavy atom. The van der Waals surface area contributed by atoms with Gasteiger partial charge in [-0.25, -0.2) is 0 Å². The van der Waals surface area contributed by atoms with Gasteiger partial charge in [-0.15, -0.1) is 0 Å². The van der Waals surface area contributed by atoms with Gasteiger partial charge in [0.15, 0.2) is 0 Å². The highest BCUT2D eigenvalue weighted by atomic mass is 16.2. The van der Waals surface area contributed by atoms with E-state index in [1.54, 1.807) is 11.9 Å². The maximum atomic E-state index is 11.9. The van der Waals surface area contributed by atoms with Crippen LogP contribution in [0.15, 0.2) is 0 Å². The fraction of sp³-hybridized carbons (Fsp3) is 0.909. The van der Waals surface area contributed by atoms with E-state index in [1.165, 1.54) is 0 Å². The molecule has 0 fully saturated rings. The van der Waals surface area contributed by atoms with Crippen LogP contribution in [0.3, 0.4) is 0 Å². The second kappa shape index (κ2) is 5.47. The summed E-state index contributed by atoms with van der Waals surface area (Å²) in [7, 11) is 1.80. The molecule has 0 rings (SSSR count). The highest BCUT2D eigenvalue weighted by Crippen LogP contribution is 2.15. The number of nitrogens with zero attached hydrogens (tertiary/aromatic N) is 1. The van der Waals surface area contributed by atoms with Gasteiger partial charge in [0.2, 0.25) is 5.91 Å². The molecule has 4 N–H and O–H groups in total.